The fourth-order valence-corrected chi connectivity index (χ4v) is 2.12. The average Bonchev–Trinajstić information content (AvgIpc) is 3.03. The highest BCUT2D eigenvalue weighted by Crippen LogP contribution is 2.21. The van der Waals surface area contributed by atoms with Gasteiger partial charge in [-0.25, -0.2) is 4.79 Å². The third-order valence-electron chi connectivity index (χ3n) is 3.13. The summed E-state index contributed by atoms with van der Waals surface area (Å²) in [5.74, 6) is 0. The highest BCUT2D eigenvalue weighted by Gasteiger charge is 2.22. The first-order valence-electron chi connectivity index (χ1n) is 10.9. The van der Waals surface area contributed by atoms with Crippen molar-refractivity contribution in [3.05, 3.63) is 35.5 Å². The molecule has 1 aromatic carbocycles. The number of fused-ring (bicyclic) bond motifs is 1. The number of cyclic esters (lactones) is 1. The van der Waals surface area contributed by atoms with E-state index in [1.54, 1.807) is 0 Å². The van der Waals surface area contributed by atoms with Crippen molar-refractivity contribution in [2.45, 2.75) is 18.8 Å². The molecule has 2 aromatic rings. The number of hydrogen-bond acceptors (Lipinski definition) is 3. The molecule has 1 aromatic heterocycles. The molecule has 112 valence electrons. The van der Waals surface area contributed by atoms with Crippen LogP contribution in [0.5, 0.6) is 0 Å². The highest BCUT2D eigenvalue weighted by atomic mass is 16.6. The lowest BCUT2D eigenvalue weighted by Crippen LogP contribution is -2.28. The molecule has 1 saturated heterocycles. The van der Waals surface area contributed by atoms with Gasteiger partial charge in [-0.3, -0.25) is 0 Å². The second-order valence-electron chi connectivity index (χ2n) is 4.78. The van der Waals surface area contributed by atoms with Gasteiger partial charge in [-0.2, -0.15) is 0 Å². The normalized spacial score (nSPS) is 31.7. The number of rotatable bonds is 5. The van der Waals surface area contributed by atoms with E-state index in [1.807, 2.05) is 5.32 Å². The van der Waals surface area contributed by atoms with Gasteiger partial charge < -0.3 is 19.9 Å². The number of aromatic nitrogens is 1. The molecule has 0 saturated carbocycles. The summed E-state index contributed by atoms with van der Waals surface area (Å²) in [5, 5.41) is 2.38. The number of alkyl carbamates (subject to hydrolysis) is 1. The van der Waals surface area contributed by atoms with Gasteiger partial charge >= 0.3 is 6.09 Å². The van der Waals surface area contributed by atoms with Gasteiger partial charge in [0.1, 0.15) is 6.56 Å². The lowest BCUT2D eigenvalue weighted by molar-refractivity contribution is 0.177. The number of nitrogens with one attached hydrogen (secondary N) is 2. The molecule has 3 rings (SSSR count). The number of likely N-dealkylation sites (N-methyl/N-ethyl adjacent to an activating group) is 1. The van der Waals surface area contributed by atoms with E-state index in [-0.39, 0.29) is 24.7 Å². The summed E-state index contributed by atoms with van der Waals surface area (Å²) in [7, 11) is 1.43. The Bertz CT molecular complexity index is 988. The third-order valence-corrected chi connectivity index (χ3v) is 3.13. The first-order chi connectivity index (χ1) is 13.6. The van der Waals surface area contributed by atoms with Gasteiger partial charge in [-0.15, -0.1) is 0 Å². The summed E-state index contributed by atoms with van der Waals surface area (Å²) in [5.41, 5.74) is 0.886. The van der Waals surface area contributed by atoms with Gasteiger partial charge in [0.15, 0.2) is 0 Å². The Hall–Kier alpha value is -2.01. The molecule has 1 aliphatic rings. The van der Waals surface area contributed by atoms with Crippen LogP contribution in [0.25, 0.3) is 10.9 Å². The topological polar surface area (TPSA) is 57.4 Å². The van der Waals surface area contributed by atoms with Gasteiger partial charge in [-0.1, -0.05) is 6.07 Å². The van der Waals surface area contributed by atoms with E-state index in [0.29, 0.717) is 16.5 Å². The summed E-state index contributed by atoms with van der Waals surface area (Å²) >= 11 is 0. The molecule has 1 atom stereocenters. The average molecular weight is 296 g/mol. The van der Waals surface area contributed by atoms with Crippen LogP contribution in [-0.4, -0.2) is 49.1 Å². The van der Waals surface area contributed by atoms with Crippen molar-refractivity contribution in [3.8, 4) is 0 Å². The number of aromatic amines is 1. The quantitative estimate of drug-likeness (QED) is 0.886. The summed E-state index contributed by atoms with van der Waals surface area (Å²) < 4.78 is 75.6. The molecule has 21 heavy (non-hydrogen) atoms. The van der Waals surface area contributed by atoms with Gasteiger partial charge in [0, 0.05) is 30.5 Å². The van der Waals surface area contributed by atoms with Crippen LogP contribution in [0.1, 0.15) is 23.5 Å². The minimum absolute atomic E-state index is 0.0510. The maximum absolute atomic E-state index is 11.5. The fraction of sp³-hybridized carbons (Fsp3) is 0.438. The van der Waals surface area contributed by atoms with Gasteiger partial charge in [0.05, 0.1) is 11.5 Å². The first-order valence-corrected chi connectivity index (χ1v) is 6.44. The molecule has 1 amide bonds. The molecule has 1 aliphatic heterocycles. The van der Waals surface area contributed by atoms with Crippen molar-refractivity contribution in [1.82, 2.24) is 15.2 Å². The minimum atomic E-state index is -2.92. The van der Waals surface area contributed by atoms with E-state index >= 15 is 0 Å². The number of benzene rings is 1. The molecule has 2 N–H and O–H groups in total. The van der Waals surface area contributed by atoms with Gasteiger partial charge in [0.2, 0.25) is 0 Å². The Kier molecular flexibility index (Phi) is 1.88. The number of H-pyrrole nitrogens is 1. The zero-order chi connectivity index (χ0) is 22.7. The summed E-state index contributed by atoms with van der Waals surface area (Å²) in [6.45, 7) is -5.09. The Balaban J connectivity index is 2.01. The maximum atomic E-state index is 11.5. The number of ether oxygens (including phenoxy) is 1. The van der Waals surface area contributed by atoms with Crippen molar-refractivity contribution < 1.29 is 21.9 Å². The molecule has 0 unspecified atom stereocenters. The highest BCUT2D eigenvalue weighted by molar-refractivity contribution is 5.84. The van der Waals surface area contributed by atoms with E-state index in [0.717, 1.165) is 4.90 Å². The maximum Gasteiger partial charge on any atom is 0.407 e. The van der Waals surface area contributed by atoms with Gasteiger partial charge in [-0.05, 0) is 50.1 Å². The van der Waals surface area contributed by atoms with Crippen LogP contribution in [0.4, 0.5) is 4.79 Å². The molecule has 5 nitrogen and oxygen atoms in total. The molecule has 0 spiro atoms. The summed E-state index contributed by atoms with van der Waals surface area (Å²) in [6, 6.07) is 1.47. The lowest BCUT2D eigenvalue weighted by atomic mass is 10.0. The number of nitrogens with zero attached hydrogens (tertiary/aromatic N) is 1. The number of hydrogen-bond donors (Lipinski definition) is 2. The SMILES string of the molecule is [2H]c1[nH]c2ccc(C([2H])([2H])[C@]3([2H])NC(=O)OC3([2H])[2H])cc2c1CCN(C)C([2H])([2H])[2H]. The van der Waals surface area contributed by atoms with E-state index in [9.17, 15) is 4.79 Å². The van der Waals surface area contributed by atoms with Crippen LogP contribution in [0.15, 0.2) is 24.4 Å². The van der Waals surface area contributed by atoms with Crippen molar-refractivity contribution >= 4 is 17.0 Å². The predicted octanol–water partition coefficient (Wildman–Crippen LogP) is 1.92. The molecular weight excluding hydrogens is 266 g/mol. The van der Waals surface area contributed by atoms with Crippen LogP contribution >= 0.6 is 0 Å². The third kappa shape index (κ3) is 3.19. The van der Waals surface area contributed by atoms with Gasteiger partial charge in [0.25, 0.3) is 0 Å². The minimum Gasteiger partial charge on any atom is -0.447 e. The van der Waals surface area contributed by atoms with E-state index in [2.05, 4.69) is 9.72 Å². The molecule has 0 radical (unpaired) electrons. The zero-order valence-corrected chi connectivity index (χ0v) is 11.4. The molecular formula is C16H21N3O2. The van der Waals surface area contributed by atoms with Crippen LogP contribution in [0.2, 0.25) is 0 Å². The van der Waals surface area contributed by atoms with E-state index < -0.39 is 32.0 Å². The Morgan fingerprint density at radius 3 is 3.38 bits per heavy atom. The molecule has 5 heteroatoms. The predicted molar refractivity (Wildman–Crippen MR) is 82.5 cm³/mol. The standard InChI is InChI=1S/C16H21N3O2/c1-19(2)6-5-12-9-17-15-4-3-11(8-14(12)15)7-13-10-21-16(20)18-13/h3-4,8-9,13,17H,5-7,10H2,1-2H3,(H,18,20)/t13-/m0/s1/i1D3,7D2,9D,10D2,13D. The zero-order valence-electron chi connectivity index (χ0n) is 20.4. The number of carbonyl (C=O) groups excluding carboxylic acids is 1. The van der Waals surface area contributed by atoms with E-state index in [4.69, 9.17) is 12.3 Å². The second kappa shape index (κ2) is 5.77. The van der Waals surface area contributed by atoms with Crippen molar-refractivity contribution in [2.24, 2.45) is 0 Å². The van der Waals surface area contributed by atoms with Crippen LogP contribution in [0.3, 0.4) is 0 Å². The molecule has 0 bridgehead atoms. The number of carbonyl (C=O) groups is 1. The van der Waals surface area contributed by atoms with Crippen LogP contribution < -0.4 is 5.32 Å². The molecule has 0 aliphatic carbocycles. The molecule has 1 fully saturated rings. The van der Waals surface area contributed by atoms with Crippen molar-refractivity contribution in [1.29, 1.82) is 0 Å². The van der Waals surface area contributed by atoms with Crippen LogP contribution in [-0.2, 0) is 17.5 Å². The van der Waals surface area contributed by atoms with Crippen LogP contribution in [0, 0.1) is 0 Å². The first kappa shape index (κ1) is 6.83. The van der Waals surface area contributed by atoms with E-state index in [1.165, 1.54) is 25.2 Å². The largest absolute Gasteiger partial charge is 0.447 e. The monoisotopic (exact) mass is 296 g/mol. The fourth-order valence-electron chi connectivity index (χ4n) is 2.12. The Morgan fingerprint density at radius 1 is 1.71 bits per heavy atom. The summed E-state index contributed by atoms with van der Waals surface area (Å²) in [6.07, 6.45) is -3.67. The number of amides is 1. The summed E-state index contributed by atoms with van der Waals surface area (Å²) in [4.78, 5) is 15.5. The second-order valence-corrected chi connectivity index (χ2v) is 4.78. The van der Waals surface area contributed by atoms with Crippen molar-refractivity contribution in [2.75, 3.05) is 27.1 Å². The molecule has 2 heterocycles. The van der Waals surface area contributed by atoms with Crippen molar-refractivity contribution in [3.63, 3.8) is 0 Å². The Labute approximate surface area is 136 Å². The lowest BCUT2D eigenvalue weighted by Gasteiger charge is -2.09. The Morgan fingerprint density at radius 2 is 2.62 bits per heavy atom. The smallest absolute Gasteiger partial charge is 0.407 e.